The van der Waals surface area contributed by atoms with Crippen LogP contribution in [0.15, 0.2) is 6.20 Å². The fourth-order valence-corrected chi connectivity index (χ4v) is 2.72. The van der Waals surface area contributed by atoms with Crippen LogP contribution in [0.25, 0.3) is 0 Å². The third kappa shape index (κ3) is 4.08. The van der Waals surface area contributed by atoms with Gasteiger partial charge in [-0.15, -0.1) is 0 Å². The standard InChI is InChI=1S/C16H25N3O3/c1-11-14(10-17-19(11)3)16(21)22-12(2)15(20)18-13-8-6-4-5-7-9-13/h10,12-13H,4-9H2,1-3H3,(H,18,20). The molecule has 2 rings (SSSR count). The summed E-state index contributed by atoms with van der Waals surface area (Å²) >= 11 is 0. The van der Waals surface area contributed by atoms with Crippen LogP contribution in [0.3, 0.4) is 0 Å². The second kappa shape index (κ2) is 7.42. The molecule has 22 heavy (non-hydrogen) atoms. The summed E-state index contributed by atoms with van der Waals surface area (Å²) in [5.74, 6) is -0.726. The zero-order valence-corrected chi connectivity index (χ0v) is 13.6. The molecule has 0 spiro atoms. The Morgan fingerprint density at radius 1 is 1.32 bits per heavy atom. The van der Waals surface area contributed by atoms with Crippen LogP contribution in [-0.2, 0) is 16.6 Å². The number of carbonyl (C=O) groups excluding carboxylic acids is 2. The van der Waals surface area contributed by atoms with Crippen molar-refractivity contribution < 1.29 is 14.3 Å². The number of aromatic nitrogens is 2. The molecule has 0 radical (unpaired) electrons. The summed E-state index contributed by atoms with van der Waals surface area (Å²) < 4.78 is 6.86. The fraction of sp³-hybridized carbons (Fsp3) is 0.688. The summed E-state index contributed by atoms with van der Waals surface area (Å²) in [6.07, 6.45) is 7.45. The molecule has 1 amide bonds. The van der Waals surface area contributed by atoms with Gasteiger partial charge in [0.15, 0.2) is 6.10 Å². The SMILES string of the molecule is Cc1c(C(=O)OC(C)C(=O)NC2CCCCCC2)cnn1C. The van der Waals surface area contributed by atoms with E-state index in [2.05, 4.69) is 10.4 Å². The van der Waals surface area contributed by atoms with E-state index in [1.165, 1.54) is 19.0 Å². The number of nitrogens with zero attached hydrogens (tertiary/aromatic N) is 2. The number of ether oxygens (including phenoxy) is 1. The first-order valence-corrected chi connectivity index (χ1v) is 7.99. The van der Waals surface area contributed by atoms with Crippen LogP contribution in [0, 0.1) is 6.92 Å². The lowest BCUT2D eigenvalue weighted by Gasteiger charge is -2.19. The van der Waals surface area contributed by atoms with Crippen molar-refractivity contribution >= 4 is 11.9 Å². The molecule has 6 nitrogen and oxygen atoms in total. The molecule has 1 aromatic rings. The normalized spacial score (nSPS) is 17.6. The molecule has 1 saturated carbocycles. The van der Waals surface area contributed by atoms with E-state index in [0.29, 0.717) is 5.56 Å². The van der Waals surface area contributed by atoms with Gasteiger partial charge in [-0.1, -0.05) is 25.7 Å². The van der Waals surface area contributed by atoms with E-state index in [9.17, 15) is 9.59 Å². The summed E-state index contributed by atoms with van der Waals surface area (Å²) in [7, 11) is 1.76. The van der Waals surface area contributed by atoms with Crippen LogP contribution in [0.5, 0.6) is 0 Å². The number of aryl methyl sites for hydroxylation is 1. The Kier molecular flexibility index (Phi) is 5.57. The van der Waals surface area contributed by atoms with E-state index in [1.807, 2.05) is 0 Å². The van der Waals surface area contributed by atoms with Gasteiger partial charge >= 0.3 is 5.97 Å². The molecule has 1 aliphatic rings. The van der Waals surface area contributed by atoms with Crippen molar-refractivity contribution in [3.8, 4) is 0 Å². The Bertz CT molecular complexity index is 531. The lowest BCUT2D eigenvalue weighted by molar-refractivity contribution is -0.129. The van der Waals surface area contributed by atoms with Crippen LogP contribution in [0.4, 0.5) is 0 Å². The van der Waals surface area contributed by atoms with Gasteiger partial charge in [0.2, 0.25) is 0 Å². The summed E-state index contributed by atoms with van der Waals surface area (Å²) in [5.41, 5.74) is 1.12. The van der Waals surface area contributed by atoms with Crippen molar-refractivity contribution in [2.45, 2.75) is 64.5 Å². The molecule has 1 aliphatic carbocycles. The average Bonchev–Trinajstić information content (AvgIpc) is 2.69. The number of esters is 1. The predicted octanol–water partition coefficient (Wildman–Crippen LogP) is 2.11. The van der Waals surface area contributed by atoms with Gasteiger partial charge in [0.1, 0.15) is 5.56 Å². The Balaban J connectivity index is 1.87. The van der Waals surface area contributed by atoms with Gasteiger partial charge in [0.25, 0.3) is 5.91 Å². The van der Waals surface area contributed by atoms with E-state index in [4.69, 9.17) is 4.74 Å². The van der Waals surface area contributed by atoms with Crippen molar-refractivity contribution in [3.63, 3.8) is 0 Å². The summed E-state index contributed by atoms with van der Waals surface area (Å²) in [6.45, 7) is 3.40. The van der Waals surface area contributed by atoms with Crippen molar-refractivity contribution in [2.24, 2.45) is 7.05 Å². The molecule has 1 aromatic heterocycles. The molecule has 1 fully saturated rings. The average molecular weight is 307 g/mol. The third-order valence-electron chi connectivity index (χ3n) is 4.31. The largest absolute Gasteiger partial charge is 0.449 e. The zero-order chi connectivity index (χ0) is 16.1. The number of amides is 1. The molecular weight excluding hydrogens is 282 g/mol. The topological polar surface area (TPSA) is 73.2 Å². The summed E-state index contributed by atoms with van der Waals surface area (Å²) in [4.78, 5) is 24.3. The lowest BCUT2D eigenvalue weighted by Crippen LogP contribution is -2.41. The molecular formula is C16H25N3O3. The maximum absolute atomic E-state index is 12.2. The molecule has 1 unspecified atom stereocenters. The zero-order valence-electron chi connectivity index (χ0n) is 13.6. The molecule has 1 heterocycles. The van der Waals surface area contributed by atoms with Gasteiger partial charge in [-0.3, -0.25) is 9.48 Å². The van der Waals surface area contributed by atoms with Crippen LogP contribution < -0.4 is 5.32 Å². The Labute approximate surface area is 131 Å². The Morgan fingerprint density at radius 3 is 2.50 bits per heavy atom. The number of rotatable bonds is 4. The van der Waals surface area contributed by atoms with Gasteiger partial charge in [-0.25, -0.2) is 4.79 Å². The van der Waals surface area contributed by atoms with Gasteiger partial charge in [0.05, 0.1) is 6.20 Å². The molecule has 0 aliphatic heterocycles. The molecule has 122 valence electrons. The van der Waals surface area contributed by atoms with Crippen LogP contribution in [-0.4, -0.2) is 33.8 Å². The van der Waals surface area contributed by atoms with Crippen molar-refractivity contribution in [1.82, 2.24) is 15.1 Å². The van der Waals surface area contributed by atoms with E-state index >= 15 is 0 Å². The fourth-order valence-electron chi connectivity index (χ4n) is 2.72. The molecule has 0 bridgehead atoms. The second-order valence-electron chi connectivity index (χ2n) is 6.01. The first-order valence-electron chi connectivity index (χ1n) is 7.99. The number of hydrogen-bond donors (Lipinski definition) is 1. The lowest BCUT2D eigenvalue weighted by atomic mass is 10.1. The van der Waals surface area contributed by atoms with Crippen molar-refractivity contribution in [3.05, 3.63) is 17.5 Å². The van der Waals surface area contributed by atoms with Crippen LogP contribution >= 0.6 is 0 Å². The van der Waals surface area contributed by atoms with E-state index in [-0.39, 0.29) is 11.9 Å². The van der Waals surface area contributed by atoms with Crippen LogP contribution in [0.2, 0.25) is 0 Å². The molecule has 6 heteroatoms. The summed E-state index contributed by atoms with van der Waals surface area (Å²) in [5, 5.41) is 7.01. The first kappa shape index (κ1) is 16.5. The van der Waals surface area contributed by atoms with Gasteiger partial charge in [-0.05, 0) is 26.7 Å². The maximum Gasteiger partial charge on any atom is 0.342 e. The highest BCUT2D eigenvalue weighted by molar-refractivity contribution is 5.92. The number of hydrogen-bond acceptors (Lipinski definition) is 4. The minimum atomic E-state index is -0.796. The molecule has 0 saturated heterocycles. The minimum absolute atomic E-state index is 0.205. The van der Waals surface area contributed by atoms with E-state index < -0.39 is 12.1 Å². The second-order valence-corrected chi connectivity index (χ2v) is 6.01. The smallest absolute Gasteiger partial charge is 0.342 e. The molecule has 0 aromatic carbocycles. The summed E-state index contributed by atoms with van der Waals surface area (Å²) in [6, 6.07) is 0.205. The van der Waals surface area contributed by atoms with Gasteiger partial charge < -0.3 is 10.1 Å². The highest BCUT2D eigenvalue weighted by Crippen LogP contribution is 2.17. The monoisotopic (exact) mass is 307 g/mol. The Morgan fingerprint density at radius 2 is 1.95 bits per heavy atom. The Hall–Kier alpha value is -1.85. The van der Waals surface area contributed by atoms with E-state index in [1.54, 1.807) is 25.6 Å². The quantitative estimate of drug-likeness (QED) is 0.683. The number of nitrogens with one attached hydrogen (secondary N) is 1. The first-order chi connectivity index (χ1) is 10.5. The predicted molar refractivity (Wildman–Crippen MR) is 82.5 cm³/mol. The van der Waals surface area contributed by atoms with Gasteiger partial charge in [0, 0.05) is 18.8 Å². The number of carbonyl (C=O) groups is 2. The molecule has 1 N–H and O–H groups in total. The third-order valence-corrected chi connectivity index (χ3v) is 4.31. The van der Waals surface area contributed by atoms with E-state index in [0.717, 1.165) is 31.4 Å². The minimum Gasteiger partial charge on any atom is -0.449 e. The highest BCUT2D eigenvalue weighted by Gasteiger charge is 2.23. The molecule has 1 atom stereocenters. The highest BCUT2D eigenvalue weighted by atomic mass is 16.5. The van der Waals surface area contributed by atoms with Crippen LogP contribution in [0.1, 0.15) is 61.5 Å². The van der Waals surface area contributed by atoms with Crippen molar-refractivity contribution in [1.29, 1.82) is 0 Å². The van der Waals surface area contributed by atoms with Crippen molar-refractivity contribution in [2.75, 3.05) is 0 Å². The maximum atomic E-state index is 12.2. The van der Waals surface area contributed by atoms with Gasteiger partial charge in [-0.2, -0.15) is 5.10 Å².